The van der Waals surface area contributed by atoms with Gasteiger partial charge in [-0.25, -0.2) is 4.79 Å². The van der Waals surface area contributed by atoms with E-state index in [1.807, 2.05) is 0 Å². The Morgan fingerprint density at radius 3 is 2.44 bits per heavy atom. The summed E-state index contributed by atoms with van der Waals surface area (Å²) < 4.78 is 8.18. The number of carboxylic acids is 2. The van der Waals surface area contributed by atoms with E-state index >= 15 is 0 Å². The highest BCUT2D eigenvalue weighted by Crippen LogP contribution is 2.24. The van der Waals surface area contributed by atoms with Crippen LogP contribution in [0, 0.1) is 0 Å². The summed E-state index contributed by atoms with van der Waals surface area (Å²) in [7, 11) is -2.63. The number of carbonyl (C=O) groups is 2. The molecule has 18 heavy (non-hydrogen) atoms. The molecule has 0 aliphatic heterocycles. The van der Waals surface area contributed by atoms with E-state index in [9.17, 15) is 14.5 Å². The molecule has 7 nitrogen and oxygen atoms in total. The van der Waals surface area contributed by atoms with E-state index in [1.165, 1.54) is 12.1 Å². The first-order chi connectivity index (χ1) is 8.49. The van der Waals surface area contributed by atoms with Crippen LogP contribution in [0.2, 0.25) is 0 Å². The van der Waals surface area contributed by atoms with Crippen molar-refractivity contribution in [3.63, 3.8) is 0 Å². The van der Waals surface area contributed by atoms with Crippen LogP contribution in [0.15, 0.2) is 35.1 Å². The summed E-state index contributed by atoms with van der Waals surface area (Å²) in [6.07, 6.45) is -0.742. The molecule has 2 N–H and O–H groups in total. The van der Waals surface area contributed by atoms with Gasteiger partial charge in [0.25, 0.3) is 0 Å². The number of benzene rings is 1. The average Bonchev–Trinajstić information content (AvgIpc) is 2.28. The van der Waals surface area contributed by atoms with Crippen LogP contribution in [0.3, 0.4) is 0 Å². The van der Waals surface area contributed by atoms with Crippen molar-refractivity contribution in [1.29, 1.82) is 0 Å². The van der Waals surface area contributed by atoms with Gasteiger partial charge >= 0.3 is 20.1 Å². The summed E-state index contributed by atoms with van der Waals surface area (Å²) in [6, 6.07) is 6.47. The normalized spacial score (nSPS) is 12.8. The number of hydrogen-bond donors (Lipinski definition) is 2. The highest BCUT2D eigenvalue weighted by Gasteiger charge is 2.24. The monoisotopic (exact) mass is 271 g/mol. The Hall–Kier alpha value is -1.98. The van der Waals surface area contributed by atoms with Gasteiger partial charge in [0.05, 0.1) is 6.42 Å². The van der Waals surface area contributed by atoms with Crippen molar-refractivity contribution < 1.29 is 29.2 Å². The van der Waals surface area contributed by atoms with Gasteiger partial charge in [-0.3, -0.25) is 9.32 Å². The number of aliphatic carboxylic acids is 2. The van der Waals surface area contributed by atoms with Gasteiger partial charge in [-0.1, -0.05) is 22.9 Å². The third kappa shape index (κ3) is 4.90. The second-order valence-electron chi connectivity index (χ2n) is 3.21. The minimum absolute atomic E-state index is 0.266. The lowest BCUT2D eigenvalue weighted by Gasteiger charge is -2.02. The molecule has 0 aliphatic carbocycles. The van der Waals surface area contributed by atoms with Crippen molar-refractivity contribution in [1.82, 2.24) is 0 Å². The van der Waals surface area contributed by atoms with E-state index < -0.39 is 32.6 Å². The van der Waals surface area contributed by atoms with Crippen LogP contribution in [0.4, 0.5) is 0 Å². The molecule has 1 rings (SSSR count). The van der Waals surface area contributed by atoms with Gasteiger partial charge in [0.1, 0.15) is 0 Å². The predicted octanol–water partition coefficient (Wildman–Crippen LogP) is 0.849. The number of carboxylic acid groups (broad SMARTS) is 2. The van der Waals surface area contributed by atoms with Crippen molar-refractivity contribution in [2.24, 2.45) is 4.74 Å². The summed E-state index contributed by atoms with van der Waals surface area (Å²) in [5, 5.41) is 17.2. The fraction of sp³-hybridized carbons (Fsp3) is 0.200. The lowest BCUT2D eigenvalue weighted by Crippen LogP contribution is -2.21. The zero-order chi connectivity index (χ0) is 13.5. The summed E-state index contributed by atoms with van der Waals surface area (Å²) in [5.74, 6) is -2.53. The number of para-hydroxylation sites is 1. The second-order valence-corrected chi connectivity index (χ2v) is 4.10. The van der Waals surface area contributed by atoms with Crippen LogP contribution >= 0.6 is 8.17 Å². The molecule has 2 unspecified atom stereocenters. The summed E-state index contributed by atoms with van der Waals surface area (Å²) in [5.41, 5.74) is 0. The summed E-state index contributed by atoms with van der Waals surface area (Å²) in [4.78, 5) is 32.5. The van der Waals surface area contributed by atoms with Gasteiger partial charge < -0.3 is 15.1 Å². The highest BCUT2D eigenvalue weighted by atomic mass is 31.1. The average molecular weight is 271 g/mol. The van der Waals surface area contributed by atoms with Crippen LogP contribution in [0.5, 0.6) is 5.75 Å². The van der Waals surface area contributed by atoms with Crippen LogP contribution in [-0.2, 0) is 9.59 Å². The Labute approximate surface area is 103 Å². The zero-order valence-electron chi connectivity index (χ0n) is 9.09. The lowest BCUT2D eigenvalue weighted by atomic mass is 10.2. The molecule has 0 radical (unpaired) electrons. The van der Waals surface area contributed by atoms with E-state index in [1.54, 1.807) is 18.2 Å². The molecule has 1 aromatic carbocycles. The molecule has 0 aromatic heterocycles. The molecule has 0 spiro atoms. The van der Waals surface area contributed by atoms with E-state index in [4.69, 9.17) is 14.7 Å². The molecule has 0 bridgehead atoms. The Bertz CT molecular complexity index is 461. The first kappa shape index (κ1) is 14.1. The van der Waals surface area contributed by atoms with Gasteiger partial charge in [-0.05, 0) is 12.1 Å². The highest BCUT2D eigenvalue weighted by molar-refractivity contribution is 7.34. The lowest BCUT2D eigenvalue weighted by molar-refractivity contribution is -0.169. The predicted molar refractivity (Wildman–Crippen MR) is 60.1 cm³/mol. The Balaban J connectivity index is 2.73. The summed E-state index contributed by atoms with van der Waals surface area (Å²) in [6.45, 7) is 0. The maximum atomic E-state index is 11.4. The maximum absolute atomic E-state index is 11.4. The maximum Gasteiger partial charge on any atom is 0.395 e. The molecule has 2 atom stereocenters. The van der Waals surface area contributed by atoms with Crippen molar-refractivity contribution in [2.45, 2.75) is 12.5 Å². The topological polar surface area (TPSA) is 119 Å². The van der Waals surface area contributed by atoms with Gasteiger partial charge in [-0.15, -0.1) is 0 Å². The van der Waals surface area contributed by atoms with Gasteiger partial charge in [-0.2, -0.15) is 0 Å². The fourth-order valence-corrected chi connectivity index (χ4v) is 1.81. The van der Waals surface area contributed by atoms with E-state index in [2.05, 4.69) is 4.74 Å². The Morgan fingerprint density at radius 1 is 1.33 bits per heavy atom. The number of nitrogens with zero attached hydrogens (tertiary/aromatic N) is 1. The fourth-order valence-electron chi connectivity index (χ4n) is 1.05. The van der Waals surface area contributed by atoms with Crippen molar-refractivity contribution >= 4 is 20.1 Å². The molecule has 96 valence electrons. The van der Waals surface area contributed by atoms with Crippen LogP contribution in [0.1, 0.15) is 6.42 Å². The number of rotatable bonds is 6. The minimum atomic E-state index is -2.63. The standard InChI is InChI=1S/C10H10NO6P/c12-9(13)6-8(10(14)15)11-18(16)17-7-4-2-1-3-5-7/h1-5,8H,6H2,(H,12,13)(H,14,15). The van der Waals surface area contributed by atoms with Gasteiger partial charge in [0.15, 0.2) is 5.75 Å². The zero-order valence-corrected chi connectivity index (χ0v) is 9.99. The molecule has 0 aliphatic rings. The van der Waals surface area contributed by atoms with Crippen LogP contribution in [-0.4, -0.2) is 28.2 Å². The van der Waals surface area contributed by atoms with Gasteiger partial charge in [0.2, 0.25) is 6.04 Å². The SMILES string of the molecule is O=C(O)CC(N=[P+]([O-])Oc1ccccc1)C(=O)O. The van der Waals surface area contributed by atoms with Crippen LogP contribution < -0.4 is 9.42 Å². The molecule has 0 amide bonds. The van der Waals surface area contributed by atoms with E-state index in [-0.39, 0.29) is 5.75 Å². The minimum Gasteiger partial charge on any atom is -0.575 e. The quantitative estimate of drug-likeness (QED) is 0.740. The largest absolute Gasteiger partial charge is 0.575 e. The Morgan fingerprint density at radius 2 is 1.94 bits per heavy atom. The first-order valence-corrected chi connectivity index (χ1v) is 5.97. The molecular weight excluding hydrogens is 261 g/mol. The third-order valence-electron chi connectivity index (χ3n) is 1.81. The summed E-state index contributed by atoms with van der Waals surface area (Å²) >= 11 is 0. The molecule has 1 aromatic rings. The molecule has 0 saturated heterocycles. The van der Waals surface area contributed by atoms with Crippen LogP contribution in [0.25, 0.3) is 0 Å². The molecular formula is C10H10NO6P. The van der Waals surface area contributed by atoms with Gasteiger partial charge in [0, 0.05) is 0 Å². The molecule has 0 heterocycles. The smallest absolute Gasteiger partial charge is 0.395 e. The van der Waals surface area contributed by atoms with Crippen molar-refractivity contribution in [3.8, 4) is 5.75 Å². The van der Waals surface area contributed by atoms with E-state index in [0.29, 0.717) is 0 Å². The molecule has 8 heteroatoms. The number of hydrogen-bond acceptors (Lipinski definition) is 5. The van der Waals surface area contributed by atoms with Crippen molar-refractivity contribution in [3.05, 3.63) is 30.3 Å². The molecule has 0 fully saturated rings. The third-order valence-corrected chi connectivity index (χ3v) is 2.65. The van der Waals surface area contributed by atoms with E-state index in [0.717, 1.165) is 0 Å². The molecule has 0 saturated carbocycles. The Kier molecular flexibility index (Phi) is 5.23. The second kappa shape index (κ2) is 6.68. The first-order valence-electron chi connectivity index (χ1n) is 4.84. The van der Waals surface area contributed by atoms with Crippen molar-refractivity contribution in [2.75, 3.05) is 0 Å².